The van der Waals surface area contributed by atoms with E-state index in [1.165, 1.54) is 0 Å². The van der Waals surface area contributed by atoms with Crippen molar-refractivity contribution in [1.82, 2.24) is 0 Å². The fourth-order valence-corrected chi connectivity index (χ4v) is 3.18. The summed E-state index contributed by atoms with van der Waals surface area (Å²) < 4.78 is 5.55. The summed E-state index contributed by atoms with van der Waals surface area (Å²) in [6, 6.07) is 5.06. The quantitative estimate of drug-likeness (QED) is 0.819. The van der Waals surface area contributed by atoms with E-state index in [2.05, 4.69) is 5.32 Å². The van der Waals surface area contributed by atoms with Crippen molar-refractivity contribution < 1.29 is 9.53 Å². The predicted octanol–water partition coefficient (Wildman–Crippen LogP) is 3.16. The minimum atomic E-state index is -0.146. The number of nitrogen functional groups attached to an aromatic ring is 1. The summed E-state index contributed by atoms with van der Waals surface area (Å²) in [4.78, 5) is 12.1. The summed E-state index contributed by atoms with van der Waals surface area (Å²) in [5.41, 5.74) is 6.79. The third-order valence-corrected chi connectivity index (χ3v) is 4.77. The molecule has 1 aliphatic heterocycles. The number of thioether (sulfide) groups is 1. The molecule has 0 radical (unpaired) electrons. The first kappa shape index (κ1) is 15.5. The molecular formula is C14H19ClN2O2S. The van der Waals surface area contributed by atoms with Gasteiger partial charge < -0.3 is 15.8 Å². The number of carbonyl (C=O) groups excluding carboxylic acids is 1. The van der Waals surface area contributed by atoms with E-state index in [-0.39, 0.29) is 17.3 Å². The molecule has 2 unspecified atom stereocenters. The van der Waals surface area contributed by atoms with Gasteiger partial charge in [-0.3, -0.25) is 4.79 Å². The molecule has 2 atom stereocenters. The minimum absolute atomic E-state index is 0.0559. The number of hydrogen-bond acceptors (Lipinski definition) is 4. The Morgan fingerprint density at radius 3 is 3.10 bits per heavy atom. The van der Waals surface area contributed by atoms with Crippen LogP contribution in [0.4, 0.5) is 11.4 Å². The number of hydrogen-bond donors (Lipinski definition) is 2. The first-order valence-electron chi connectivity index (χ1n) is 6.65. The number of nitrogens with two attached hydrogens (primary N) is 1. The van der Waals surface area contributed by atoms with E-state index >= 15 is 0 Å². The lowest BCUT2D eigenvalue weighted by Gasteiger charge is -2.15. The van der Waals surface area contributed by atoms with Crippen LogP contribution in [0.2, 0.25) is 5.02 Å². The fraction of sp³-hybridized carbons (Fsp3) is 0.500. The Hall–Kier alpha value is -0.910. The zero-order chi connectivity index (χ0) is 14.5. The molecular weight excluding hydrogens is 296 g/mol. The van der Waals surface area contributed by atoms with Crippen molar-refractivity contribution in [3.63, 3.8) is 0 Å². The van der Waals surface area contributed by atoms with Gasteiger partial charge in [0.05, 0.1) is 22.1 Å². The van der Waals surface area contributed by atoms with Gasteiger partial charge in [0.2, 0.25) is 5.91 Å². The molecule has 6 heteroatoms. The van der Waals surface area contributed by atoms with Crippen molar-refractivity contribution in [3.05, 3.63) is 23.2 Å². The Bertz CT molecular complexity index is 478. The maximum absolute atomic E-state index is 12.1. The van der Waals surface area contributed by atoms with Gasteiger partial charge in [0.1, 0.15) is 0 Å². The zero-order valence-electron chi connectivity index (χ0n) is 11.4. The first-order chi connectivity index (χ1) is 9.56. The highest BCUT2D eigenvalue weighted by Gasteiger charge is 2.20. The second kappa shape index (κ2) is 7.20. The molecule has 0 spiro atoms. The number of nitrogens with one attached hydrogen (secondary N) is 1. The summed E-state index contributed by atoms with van der Waals surface area (Å²) in [6.07, 6.45) is 2.49. The Morgan fingerprint density at radius 1 is 1.65 bits per heavy atom. The van der Waals surface area contributed by atoms with Crippen LogP contribution in [-0.2, 0) is 9.53 Å². The molecule has 1 aromatic rings. The molecule has 1 saturated heterocycles. The van der Waals surface area contributed by atoms with Gasteiger partial charge in [-0.05, 0) is 38.0 Å². The maximum atomic E-state index is 12.1. The lowest BCUT2D eigenvalue weighted by atomic mass is 10.2. The average Bonchev–Trinajstić information content (AvgIpc) is 2.92. The van der Waals surface area contributed by atoms with E-state index in [4.69, 9.17) is 22.1 Å². The summed E-state index contributed by atoms with van der Waals surface area (Å²) in [5.74, 6) is 0.795. The molecule has 0 bridgehead atoms. The lowest BCUT2D eigenvalue weighted by Crippen LogP contribution is -2.24. The molecule has 0 saturated carbocycles. The van der Waals surface area contributed by atoms with Gasteiger partial charge >= 0.3 is 0 Å². The van der Waals surface area contributed by atoms with Gasteiger partial charge in [-0.25, -0.2) is 0 Å². The predicted molar refractivity (Wildman–Crippen MR) is 85.4 cm³/mol. The van der Waals surface area contributed by atoms with Crippen LogP contribution < -0.4 is 11.1 Å². The van der Waals surface area contributed by atoms with Crippen molar-refractivity contribution >= 4 is 40.6 Å². The second-order valence-corrected chi connectivity index (χ2v) is 6.62. The molecule has 1 aliphatic rings. The maximum Gasteiger partial charge on any atom is 0.237 e. The topological polar surface area (TPSA) is 64.3 Å². The number of carbonyl (C=O) groups is 1. The number of ether oxygens (including phenoxy) is 1. The molecule has 2 rings (SSSR count). The van der Waals surface area contributed by atoms with Gasteiger partial charge in [-0.1, -0.05) is 11.6 Å². The van der Waals surface area contributed by atoms with Crippen LogP contribution in [0.3, 0.4) is 0 Å². The summed E-state index contributed by atoms with van der Waals surface area (Å²) in [5, 5.41) is 3.13. The van der Waals surface area contributed by atoms with Crippen molar-refractivity contribution in [2.24, 2.45) is 0 Å². The molecule has 3 N–H and O–H groups in total. The van der Waals surface area contributed by atoms with Crippen LogP contribution >= 0.6 is 23.4 Å². The van der Waals surface area contributed by atoms with Crippen LogP contribution in [-0.4, -0.2) is 29.6 Å². The SMILES string of the molecule is CC(SCC1CCCO1)C(=O)Nc1ccc(N)cc1Cl. The Balaban J connectivity index is 1.83. The van der Waals surface area contributed by atoms with E-state index in [0.717, 1.165) is 25.2 Å². The molecule has 4 nitrogen and oxygen atoms in total. The van der Waals surface area contributed by atoms with Crippen LogP contribution in [0.1, 0.15) is 19.8 Å². The molecule has 110 valence electrons. The van der Waals surface area contributed by atoms with Crippen molar-refractivity contribution in [2.75, 3.05) is 23.4 Å². The molecule has 1 amide bonds. The van der Waals surface area contributed by atoms with Crippen LogP contribution in [0.15, 0.2) is 18.2 Å². The van der Waals surface area contributed by atoms with Gasteiger partial charge in [0, 0.05) is 18.0 Å². The summed E-state index contributed by atoms with van der Waals surface area (Å²) >= 11 is 7.64. The third kappa shape index (κ3) is 4.30. The molecule has 0 aromatic heterocycles. The van der Waals surface area contributed by atoms with Gasteiger partial charge in [0.25, 0.3) is 0 Å². The number of benzene rings is 1. The van der Waals surface area contributed by atoms with E-state index < -0.39 is 0 Å². The van der Waals surface area contributed by atoms with Gasteiger partial charge in [-0.2, -0.15) is 0 Å². The minimum Gasteiger partial charge on any atom is -0.399 e. The van der Waals surface area contributed by atoms with Crippen molar-refractivity contribution in [2.45, 2.75) is 31.1 Å². The van der Waals surface area contributed by atoms with E-state index in [1.807, 2.05) is 6.92 Å². The van der Waals surface area contributed by atoms with Gasteiger partial charge in [0.15, 0.2) is 0 Å². The first-order valence-corrected chi connectivity index (χ1v) is 8.08. The highest BCUT2D eigenvalue weighted by atomic mass is 35.5. The van der Waals surface area contributed by atoms with Crippen LogP contribution in [0.25, 0.3) is 0 Å². The fourth-order valence-electron chi connectivity index (χ4n) is 1.97. The number of anilines is 2. The van der Waals surface area contributed by atoms with Crippen molar-refractivity contribution in [3.8, 4) is 0 Å². The van der Waals surface area contributed by atoms with E-state index in [9.17, 15) is 4.79 Å². The van der Waals surface area contributed by atoms with E-state index in [1.54, 1.807) is 30.0 Å². The molecule has 0 aliphatic carbocycles. The number of amides is 1. The molecule has 20 heavy (non-hydrogen) atoms. The zero-order valence-corrected chi connectivity index (χ0v) is 13.0. The monoisotopic (exact) mass is 314 g/mol. The molecule has 1 heterocycles. The smallest absolute Gasteiger partial charge is 0.237 e. The Labute approximate surface area is 128 Å². The highest BCUT2D eigenvalue weighted by Crippen LogP contribution is 2.26. The van der Waals surface area contributed by atoms with E-state index in [0.29, 0.717) is 16.4 Å². The molecule has 1 aromatic carbocycles. The highest BCUT2D eigenvalue weighted by molar-refractivity contribution is 8.00. The molecule has 1 fully saturated rings. The van der Waals surface area contributed by atoms with Crippen LogP contribution in [0, 0.1) is 0 Å². The lowest BCUT2D eigenvalue weighted by molar-refractivity contribution is -0.115. The normalized spacial score (nSPS) is 19.8. The van der Waals surface area contributed by atoms with Crippen molar-refractivity contribution in [1.29, 1.82) is 0 Å². The van der Waals surface area contributed by atoms with Gasteiger partial charge in [-0.15, -0.1) is 11.8 Å². The summed E-state index contributed by atoms with van der Waals surface area (Å²) in [6.45, 7) is 2.73. The largest absolute Gasteiger partial charge is 0.399 e. The Morgan fingerprint density at radius 2 is 2.45 bits per heavy atom. The number of halogens is 1. The third-order valence-electron chi connectivity index (χ3n) is 3.18. The Kier molecular flexibility index (Phi) is 5.57. The average molecular weight is 315 g/mol. The number of rotatable bonds is 5. The standard InChI is InChI=1S/C14H19ClN2O2S/c1-9(20-8-11-3-2-6-19-11)14(18)17-13-5-4-10(16)7-12(13)15/h4-5,7,9,11H,2-3,6,8,16H2,1H3,(H,17,18). The summed E-state index contributed by atoms with van der Waals surface area (Å²) in [7, 11) is 0. The van der Waals surface area contributed by atoms with Crippen LogP contribution in [0.5, 0.6) is 0 Å². The second-order valence-electron chi connectivity index (χ2n) is 4.84.